The SMILES string of the molecule is COc1cc(/C=C2/SC(=S)N([C@@H](C)c3ccccc3)C2=O)ccc1O. The van der Waals surface area contributed by atoms with Crippen LogP contribution < -0.4 is 4.74 Å². The van der Waals surface area contributed by atoms with E-state index in [2.05, 4.69) is 0 Å². The molecule has 4 nitrogen and oxygen atoms in total. The van der Waals surface area contributed by atoms with Crippen LogP contribution in [0, 0.1) is 0 Å². The van der Waals surface area contributed by atoms with Gasteiger partial charge in [0.25, 0.3) is 5.91 Å². The van der Waals surface area contributed by atoms with E-state index in [1.54, 1.807) is 23.1 Å². The highest BCUT2D eigenvalue weighted by atomic mass is 32.2. The minimum absolute atomic E-state index is 0.0601. The van der Waals surface area contributed by atoms with Crippen LogP contribution in [0.15, 0.2) is 53.4 Å². The Kier molecular flexibility index (Phi) is 5.11. The number of aromatic hydroxyl groups is 1. The van der Waals surface area contributed by atoms with Crippen molar-refractivity contribution in [2.24, 2.45) is 0 Å². The zero-order chi connectivity index (χ0) is 18.0. The average molecular weight is 371 g/mol. The second kappa shape index (κ2) is 7.29. The van der Waals surface area contributed by atoms with Crippen molar-refractivity contribution >= 4 is 40.3 Å². The molecule has 0 bridgehead atoms. The first-order valence-electron chi connectivity index (χ1n) is 7.70. The molecule has 0 spiro atoms. The molecule has 0 radical (unpaired) electrons. The number of thiocarbonyl (C=S) groups is 1. The second-order valence-corrected chi connectivity index (χ2v) is 7.25. The molecule has 128 valence electrons. The van der Waals surface area contributed by atoms with E-state index in [-0.39, 0.29) is 17.7 Å². The van der Waals surface area contributed by atoms with Gasteiger partial charge in [-0.2, -0.15) is 0 Å². The lowest BCUT2D eigenvalue weighted by Gasteiger charge is -2.23. The van der Waals surface area contributed by atoms with Crippen molar-refractivity contribution in [1.82, 2.24) is 4.90 Å². The lowest BCUT2D eigenvalue weighted by atomic mass is 10.1. The predicted molar refractivity (Wildman–Crippen MR) is 105 cm³/mol. The highest BCUT2D eigenvalue weighted by Crippen LogP contribution is 2.38. The molecule has 0 saturated carbocycles. The molecule has 25 heavy (non-hydrogen) atoms. The molecule has 0 aliphatic carbocycles. The zero-order valence-corrected chi connectivity index (χ0v) is 15.4. The first-order chi connectivity index (χ1) is 12.0. The first kappa shape index (κ1) is 17.5. The summed E-state index contributed by atoms with van der Waals surface area (Å²) in [4.78, 5) is 15.0. The molecule has 1 aliphatic rings. The predicted octanol–water partition coefficient (Wildman–Crippen LogP) is 4.36. The Hall–Kier alpha value is -2.31. The maximum absolute atomic E-state index is 12.8. The third-order valence-corrected chi connectivity index (χ3v) is 5.32. The van der Waals surface area contributed by atoms with E-state index in [1.807, 2.05) is 37.3 Å². The highest BCUT2D eigenvalue weighted by Gasteiger charge is 2.35. The lowest BCUT2D eigenvalue weighted by molar-refractivity contribution is -0.123. The normalized spacial score (nSPS) is 17.2. The van der Waals surface area contributed by atoms with Crippen molar-refractivity contribution in [3.63, 3.8) is 0 Å². The van der Waals surface area contributed by atoms with Gasteiger partial charge >= 0.3 is 0 Å². The summed E-state index contributed by atoms with van der Waals surface area (Å²) < 4.78 is 5.65. The molecule has 2 aromatic carbocycles. The third kappa shape index (κ3) is 3.55. The molecule has 2 aromatic rings. The fraction of sp³-hybridized carbons (Fsp3) is 0.158. The van der Waals surface area contributed by atoms with Gasteiger partial charge in [0.2, 0.25) is 0 Å². The van der Waals surface area contributed by atoms with Crippen LogP contribution in [0.1, 0.15) is 24.1 Å². The van der Waals surface area contributed by atoms with Crippen LogP contribution in [0.25, 0.3) is 6.08 Å². The fourth-order valence-corrected chi connectivity index (χ4v) is 4.05. The van der Waals surface area contributed by atoms with E-state index < -0.39 is 0 Å². The van der Waals surface area contributed by atoms with E-state index in [0.29, 0.717) is 15.0 Å². The second-order valence-electron chi connectivity index (χ2n) is 5.57. The number of hydrogen-bond donors (Lipinski definition) is 1. The molecule has 1 amide bonds. The Morgan fingerprint density at radius 3 is 2.64 bits per heavy atom. The maximum atomic E-state index is 12.8. The Balaban J connectivity index is 1.88. The van der Waals surface area contributed by atoms with Crippen LogP contribution >= 0.6 is 24.0 Å². The third-order valence-electron chi connectivity index (χ3n) is 3.99. The number of carbonyl (C=O) groups excluding carboxylic acids is 1. The molecular weight excluding hydrogens is 354 g/mol. The molecule has 1 fully saturated rings. The van der Waals surface area contributed by atoms with Crippen molar-refractivity contribution in [2.45, 2.75) is 13.0 Å². The van der Waals surface area contributed by atoms with Crippen molar-refractivity contribution in [2.75, 3.05) is 7.11 Å². The quantitative estimate of drug-likeness (QED) is 0.639. The average Bonchev–Trinajstić information content (AvgIpc) is 2.90. The molecule has 1 atom stereocenters. The van der Waals surface area contributed by atoms with Gasteiger partial charge < -0.3 is 9.84 Å². The molecule has 3 rings (SSSR count). The molecule has 0 unspecified atom stereocenters. The number of hydrogen-bond acceptors (Lipinski definition) is 5. The van der Waals surface area contributed by atoms with Crippen LogP contribution in [-0.4, -0.2) is 27.3 Å². The Morgan fingerprint density at radius 1 is 1.24 bits per heavy atom. The standard InChI is InChI=1S/C19H17NO3S2/c1-12(14-6-4-3-5-7-14)20-18(22)17(25-19(20)24)11-13-8-9-15(21)16(10-13)23-2/h3-12,21H,1-2H3/b17-11+/t12-/m0/s1. The van der Waals surface area contributed by atoms with Crippen LogP contribution in [0.3, 0.4) is 0 Å². The lowest BCUT2D eigenvalue weighted by Crippen LogP contribution is -2.30. The van der Waals surface area contributed by atoms with Gasteiger partial charge in [-0.1, -0.05) is 60.4 Å². The van der Waals surface area contributed by atoms with E-state index in [4.69, 9.17) is 17.0 Å². The fourth-order valence-electron chi connectivity index (χ4n) is 2.63. The maximum Gasteiger partial charge on any atom is 0.266 e. The van der Waals surface area contributed by atoms with E-state index >= 15 is 0 Å². The van der Waals surface area contributed by atoms with Gasteiger partial charge in [-0.15, -0.1) is 0 Å². The Bertz CT molecular complexity index is 849. The summed E-state index contributed by atoms with van der Waals surface area (Å²) in [6, 6.07) is 14.6. The zero-order valence-electron chi connectivity index (χ0n) is 13.8. The summed E-state index contributed by atoms with van der Waals surface area (Å²) >= 11 is 6.70. The summed E-state index contributed by atoms with van der Waals surface area (Å²) in [5, 5.41) is 9.68. The smallest absolute Gasteiger partial charge is 0.266 e. The van der Waals surface area contributed by atoms with Gasteiger partial charge in [0.15, 0.2) is 11.5 Å². The number of carbonyl (C=O) groups is 1. The van der Waals surface area contributed by atoms with Crippen molar-refractivity contribution in [1.29, 1.82) is 0 Å². The topological polar surface area (TPSA) is 49.8 Å². The van der Waals surface area contributed by atoms with E-state index in [9.17, 15) is 9.90 Å². The molecule has 1 N–H and O–H groups in total. The monoisotopic (exact) mass is 371 g/mol. The molecule has 6 heteroatoms. The molecule has 1 heterocycles. The number of nitrogens with zero attached hydrogens (tertiary/aromatic N) is 1. The molecule has 1 saturated heterocycles. The van der Waals surface area contributed by atoms with Crippen LogP contribution in [0.4, 0.5) is 0 Å². The Morgan fingerprint density at radius 2 is 1.96 bits per heavy atom. The minimum Gasteiger partial charge on any atom is -0.504 e. The van der Waals surface area contributed by atoms with E-state index in [0.717, 1.165) is 11.1 Å². The van der Waals surface area contributed by atoms with Crippen LogP contribution in [0.5, 0.6) is 11.5 Å². The number of methoxy groups -OCH3 is 1. The summed E-state index contributed by atoms with van der Waals surface area (Å²) in [6.07, 6.45) is 1.76. The summed E-state index contributed by atoms with van der Waals surface area (Å²) in [6.45, 7) is 1.96. The number of rotatable bonds is 4. The first-order valence-corrected chi connectivity index (χ1v) is 8.92. The van der Waals surface area contributed by atoms with Crippen LogP contribution in [0.2, 0.25) is 0 Å². The summed E-state index contributed by atoms with van der Waals surface area (Å²) in [5.41, 5.74) is 1.80. The molecule has 0 aromatic heterocycles. The molecular formula is C19H17NO3S2. The van der Waals surface area contributed by atoms with Crippen molar-refractivity contribution < 1.29 is 14.6 Å². The van der Waals surface area contributed by atoms with Crippen molar-refractivity contribution in [3.8, 4) is 11.5 Å². The number of thioether (sulfide) groups is 1. The number of phenolic OH excluding ortho intramolecular Hbond substituents is 1. The van der Waals surface area contributed by atoms with Gasteiger partial charge in [0, 0.05) is 0 Å². The Labute approximate surface area is 156 Å². The highest BCUT2D eigenvalue weighted by molar-refractivity contribution is 8.26. The number of ether oxygens (including phenoxy) is 1. The molecule has 1 aliphatic heterocycles. The van der Waals surface area contributed by atoms with Gasteiger partial charge in [0.1, 0.15) is 4.32 Å². The van der Waals surface area contributed by atoms with Crippen molar-refractivity contribution in [3.05, 3.63) is 64.6 Å². The van der Waals surface area contributed by atoms with Gasteiger partial charge in [-0.25, -0.2) is 0 Å². The van der Waals surface area contributed by atoms with Gasteiger partial charge in [0.05, 0.1) is 18.1 Å². The minimum atomic E-state index is -0.131. The number of phenols is 1. The largest absolute Gasteiger partial charge is 0.504 e. The summed E-state index contributed by atoms with van der Waals surface area (Å²) in [5.74, 6) is 0.310. The number of amides is 1. The van der Waals surface area contributed by atoms with E-state index in [1.165, 1.54) is 24.9 Å². The van der Waals surface area contributed by atoms with Crippen LogP contribution in [-0.2, 0) is 4.79 Å². The summed E-state index contributed by atoms with van der Waals surface area (Å²) in [7, 11) is 1.49. The van der Waals surface area contributed by atoms with Gasteiger partial charge in [-0.05, 0) is 36.3 Å². The van der Waals surface area contributed by atoms with Gasteiger partial charge in [-0.3, -0.25) is 9.69 Å². The number of benzene rings is 2.